The average molecular weight is 732 g/mol. The molecule has 0 heterocycles. The van der Waals surface area contributed by atoms with Crippen LogP contribution in [0.25, 0.3) is 10.4 Å². The number of nitrogens with zero attached hydrogens (tertiary/aromatic N) is 3. The molecule has 1 aromatic carbocycles. The highest BCUT2D eigenvalue weighted by Gasteiger charge is 2.25. The van der Waals surface area contributed by atoms with Crippen molar-refractivity contribution >= 4 is 39.5 Å². The van der Waals surface area contributed by atoms with Crippen LogP contribution in [0.1, 0.15) is 50.3 Å². The normalized spacial score (nSPS) is 11.8. The quantitative estimate of drug-likeness (QED) is 0.0595. The molecule has 0 aliphatic carbocycles. The summed E-state index contributed by atoms with van der Waals surface area (Å²) in [6.45, 7) is 15.3. The van der Waals surface area contributed by atoms with Gasteiger partial charge < -0.3 is 44.4 Å². The van der Waals surface area contributed by atoms with Crippen molar-refractivity contribution in [1.29, 1.82) is 0 Å². The minimum atomic E-state index is -0.986. The third-order valence-corrected chi connectivity index (χ3v) is 7.46. The fraction of sp³-hybridized carbons (Fsp3) is 0.710. The number of benzene rings is 1. The molecule has 0 unspecified atom stereocenters. The van der Waals surface area contributed by atoms with Gasteiger partial charge in [0.05, 0.1) is 66.1 Å². The molecule has 1 rings (SSSR count). The van der Waals surface area contributed by atoms with Crippen molar-refractivity contribution in [2.45, 2.75) is 66.0 Å². The maximum atomic E-state index is 12.9. The summed E-state index contributed by atoms with van der Waals surface area (Å²) < 4.78 is 33.2. The maximum absolute atomic E-state index is 12.9. The Balaban J connectivity index is 2.31. The van der Waals surface area contributed by atoms with Crippen molar-refractivity contribution in [2.24, 2.45) is 5.11 Å². The van der Waals surface area contributed by atoms with Crippen LogP contribution < -0.4 is 16.0 Å². The first-order valence-electron chi connectivity index (χ1n) is 15.6. The Morgan fingerprint density at radius 3 is 1.94 bits per heavy atom. The first-order valence-corrected chi connectivity index (χ1v) is 16.4. The number of halogens is 1. The molecule has 0 fully saturated rings. The maximum Gasteiger partial charge on any atom is 0.408 e. The van der Waals surface area contributed by atoms with Crippen molar-refractivity contribution in [3.63, 3.8) is 0 Å². The number of azide groups is 1. The zero-order valence-electron chi connectivity index (χ0n) is 28.4. The first kappa shape index (κ1) is 42.0. The van der Waals surface area contributed by atoms with Crippen LogP contribution >= 0.6 is 15.9 Å². The summed E-state index contributed by atoms with van der Waals surface area (Å²) in [5.74, 6) is -0.729. The van der Waals surface area contributed by atoms with Gasteiger partial charge in [0.15, 0.2) is 0 Å². The van der Waals surface area contributed by atoms with E-state index in [9.17, 15) is 14.4 Å². The number of carbonyl (C=O) groups excluding carboxylic acids is 3. The van der Waals surface area contributed by atoms with Crippen LogP contribution in [0.15, 0.2) is 15.7 Å². The second-order valence-electron chi connectivity index (χ2n) is 11.4. The minimum Gasteiger partial charge on any atom is -0.444 e. The van der Waals surface area contributed by atoms with Crippen LogP contribution in [0.3, 0.4) is 0 Å². The van der Waals surface area contributed by atoms with E-state index in [1.54, 1.807) is 20.8 Å². The van der Waals surface area contributed by atoms with Gasteiger partial charge in [-0.1, -0.05) is 27.1 Å². The Kier molecular flexibility index (Phi) is 21.7. The monoisotopic (exact) mass is 730 g/mol. The van der Waals surface area contributed by atoms with Gasteiger partial charge in [0.1, 0.15) is 11.6 Å². The summed E-state index contributed by atoms with van der Waals surface area (Å²) >= 11 is 3.56. The number of rotatable bonds is 24. The molecule has 3 N–H and O–H groups in total. The van der Waals surface area contributed by atoms with E-state index in [0.29, 0.717) is 71.7 Å². The number of hydrogen-bond donors (Lipinski definition) is 3. The molecule has 0 saturated carbocycles. The topological polar surface area (TPSA) is 191 Å². The summed E-state index contributed by atoms with van der Waals surface area (Å²) in [6, 6.07) is 0.994. The van der Waals surface area contributed by atoms with E-state index >= 15 is 0 Å². The molecule has 47 heavy (non-hydrogen) atoms. The lowest BCUT2D eigenvalue weighted by molar-refractivity contribution is -0.124. The predicted molar refractivity (Wildman–Crippen MR) is 180 cm³/mol. The van der Waals surface area contributed by atoms with Gasteiger partial charge in [-0.05, 0) is 70.2 Å². The fourth-order valence-corrected chi connectivity index (χ4v) is 4.36. The zero-order chi connectivity index (χ0) is 35.1. The Hall–Kier alpha value is -2.98. The van der Waals surface area contributed by atoms with E-state index < -0.39 is 23.6 Å². The van der Waals surface area contributed by atoms with Crippen molar-refractivity contribution in [2.75, 3.05) is 84.5 Å². The van der Waals surface area contributed by atoms with E-state index in [4.69, 9.17) is 34.0 Å². The average Bonchev–Trinajstić information content (AvgIpc) is 3.00. The molecule has 0 radical (unpaired) electrons. The van der Waals surface area contributed by atoms with Crippen molar-refractivity contribution in [1.82, 2.24) is 10.6 Å². The first-order chi connectivity index (χ1) is 22.4. The molecule has 15 nitrogen and oxygen atoms in total. The van der Waals surface area contributed by atoms with E-state index in [1.165, 1.54) is 0 Å². The fourth-order valence-electron chi connectivity index (χ4n) is 4.05. The minimum absolute atomic E-state index is 0.000936. The van der Waals surface area contributed by atoms with Crippen LogP contribution in [0, 0.1) is 20.8 Å². The molecule has 0 aliphatic heterocycles. The van der Waals surface area contributed by atoms with Gasteiger partial charge in [-0.25, -0.2) is 4.79 Å². The van der Waals surface area contributed by atoms with Crippen LogP contribution in [0.2, 0.25) is 0 Å². The molecular weight excluding hydrogens is 680 g/mol. The summed E-state index contributed by atoms with van der Waals surface area (Å²) in [7, 11) is 0. The molecule has 16 heteroatoms. The smallest absolute Gasteiger partial charge is 0.408 e. The molecule has 3 amide bonds. The molecule has 0 bridgehead atoms. The van der Waals surface area contributed by atoms with E-state index in [2.05, 4.69) is 41.9 Å². The largest absolute Gasteiger partial charge is 0.444 e. The number of anilines is 1. The number of ether oxygens (including phenoxy) is 6. The Morgan fingerprint density at radius 1 is 0.872 bits per heavy atom. The van der Waals surface area contributed by atoms with Gasteiger partial charge in [0.2, 0.25) is 11.8 Å². The van der Waals surface area contributed by atoms with Crippen LogP contribution in [0.5, 0.6) is 0 Å². The van der Waals surface area contributed by atoms with E-state index in [-0.39, 0.29) is 31.9 Å². The van der Waals surface area contributed by atoms with Crippen LogP contribution in [-0.4, -0.2) is 109 Å². The predicted octanol–water partition coefficient (Wildman–Crippen LogP) is 4.50. The zero-order valence-corrected chi connectivity index (χ0v) is 30.0. The summed E-state index contributed by atoms with van der Waals surface area (Å²) in [5, 5.41) is 11.6. The van der Waals surface area contributed by atoms with Crippen LogP contribution in [-0.2, 0) is 38.0 Å². The van der Waals surface area contributed by atoms with Gasteiger partial charge in [-0.15, -0.1) is 0 Å². The number of alkyl carbamates (subject to hydrolysis) is 1. The van der Waals surface area contributed by atoms with Crippen molar-refractivity contribution in [3.05, 3.63) is 37.7 Å². The molecule has 0 aliphatic rings. The summed E-state index contributed by atoms with van der Waals surface area (Å²) in [6.07, 6.45) is -0.680. The summed E-state index contributed by atoms with van der Waals surface area (Å²) in [5.41, 5.74) is 11.0. The third kappa shape index (κ3) is 20.1. The number of nitrogens with one attached hydrogen (secondary N) is 3. The lowest BCUT2D eigenvalue weighted by atomic mass is 10.0. The van der Waals surface area contributed by atoms with Gasteiger partial charge in [-0.3, -0.25) is 9.59 Å². The Labute approximate surface area is 285 Å². The molecule has 1 aromatic rings. The lowest BCUT2D eigenvalue weighted by Gasteiger charge is -2.23. The van der Waals surface area contributed by atoms with E-state index in [0.717, 1.165) is 21.2 Å². The third-order valence-electron chi connectivity index (χ3n) is 6.24. The molecule has 1 atom stereocenters. The second-order valence-corrected chi connectivity index (χ2v) is 12.2. The highest BCUT2D eigenvalue weighted by atomic mass is 79.9. The Morgan fingerprint density at radius 2 is 1.40 bits per heavy atom. The van der Waals surface area contributed by atoms with Gasteiger partial charge in [0, 0.05) is 34.6 Å². The second kappa shape index (κ2) is 24.2. The molecular formula is C31H51BrN6O9. The highest BCUT2D eigenvalue weighted by Crippen LogP contribution is 2.31. The SMILES string of the molecule is Cc1cc(C)c(NC(=O)CC[C@@H](NC(=O)OC(C)(C)C)C(=O)NCCOCCOCCOCCOCCOCCN=[N+]=[N-])c(C)c1Br. The van der Waals surface area contributed by atoms with E-state index in [1.807, 2.05) is 26.8 Å². The molecule has 0 saturated heterocycles. The molecule has 0 aromatic heterocycles. The van der Waals surface area contributed by atoms with Crippen LogP contribution in [0.4, 0.5) is 10.5 Å². The van der Waals surface area contributed by atoms with Gasteiger partial charge >= 0.3 is 6.09 Å². The van der Waals surface area contributed by atoms with Crippen molar-refractivity contribution in [3.8, 4) is 0 Å². The Bertz CT molecular complexity index is 1160. The number of amides is 3. The highest BCUT2D eigenvalue weighted by molar-refractivity contribution is 9.10. The lowest BCUT2D eigenvalue weighted by Crippen LogP contribution is -2.49. The van der Waals surface area contributed by atoms with Gasteiger partial charge in [-0.2, -0.15) is 0 Å². The summed E-state index contributed by atoms with van der Waals surface area (Å²) in [4.78, 5) is 40.8. The molecule has 0 spiro atoms. The number of hydrogen-bond acceptors (Lipinski definition) is 10. The standard InChI is InChI=1S/C31H51BrN6O9/c1-22-21-23(2)28(24(3)27(22)32)37-26(39)8-7-25(36-30(41)47-31(4,5)6)29(40)34-9-11-42-13-15-44-17-19-46-20-18-45-16-14-43-12-10-35-38-33/h21,25H,7-20H2,1-6H3,(H,34,40)(H,36,41)(H,37,39)/t25-/m1/s1. The number of carbonyl (C=O) groups is 3. The van der Waals surface area contributed by atoms with Crippen molar-refractivity contribution < 1.29 is 42.8 Å². The number of aryl methyl sites for hydroxylation is 2. The molecule has 266 valence electrons. The van der Waals surface area contributed by atoms with Gasteiger partial charge in [0.25, 0.3) is 0 Å².